The number of benzene rings is 2. The number of hydrogen-bond donors (Lipinski definition) is 1. The van der Waals surface area contributed by atoms with Crippen LogP contribution in [0.1, 0.15) is 12.5 Å². The summed E-state index contributed by atoms with van der Waals surface area (Å²) in [5, 5.41) is 13.8. The van der Waals surface area contributed by atoms with Gasteiger partial charge in [-0.05, 0) is 36.8 Å². The van der Waals surface area contributed by atoms with Crippen LogP contribution < -0.4 is 4.90 Å². The zero-order valence-corrected chi connectivity index (χ0v) is 16.4. The van der Waals surface area contributed by atoms with Crippen LogP contribution in [0.4, 0.5) is 15.3 Å². The lowest BCUT2D eigenvalue weighted by Crippen LogP contribution is -2.57. The maximum atomic E-state index is 13.1. The standard InChI is InChI=1S/C21H20ClN3O4/c1-14-7-12-18-19(26)23(17-10-8-16(22)9-11-17)20(27)25(18)24(14)21(28)29-13-15-5-3-2-4-6-15/h2-12,14,18-19,26H,13H2,1H3. The lowest BCUT2D eigenvalue weighted by molar-refractivity contribution is -0.0329. The minimum Gasteiger partial charge on any atom is -0.443 e. The van der Waals surface area contributed by atoms with Gasteiger partial charge in [0.05, 0.1) is 6.04 Å². The molecule has 1 fully saturated rings. The predicted molar refractivity (Wildman–Crippen MR) is 108 cm³/mol. The van der Waals surface area contributed by atoms with E-state index in [1.807, 2.05) is 30.3 Å². The molecule has 0 saturated carbocycles. The molecule has 0 spiro atoms. The number of carbonyl (C=O) groups excluding carboxylic acids is 2. The van der Waals surface area contributed by atoms with Gasteiger partial charge in [-0.1, -0.05) is 54.1 Å². The van der Waals surface area contributed by atoms with Crippen LogP contribution in [0.15, 0.2) is 66.7 Å². The molecule has 4 rings (SSSR count). The molecule has 2 aliphatic rings. The predicted octanol–water partition coefficient (Wildman–Crippen LogP) is 3.78. The zero-order chi connectivity index (χ0) is 20.5. The SMILES string of the molecule is CC1C=CC2C(O)N(c3ccc(Cl)cc3)C(=O)N2N1C(=O)OCc1ccccc1. The molecule has 8 heteroatoms. The topological polar surface area (TPSA) is 73.3 Å². The Morgan fingerprint density at radius 2 is 1.79 bits per heavy atom. The number of rotatable bonds is 3. The number of nitrogens with zero attached hydrogens (tertiary/aromatic N) is 3. The summed E-state index contributed by atoms with van der Waals surface area (Å²) in [6.07, 6.45) is 1.68. The van der Waals surface area contributed by atoms with Gasteiger partial charge < -0.3 is 9.84 Å². The van der Waals surface area contributed by atoms with Crippen molar-refractivity contribution in [2.75, 3.05) is 4.90 Å². The monoisotopic (exact) mass is 413 g/mol. The van der Waals surface area contributed by atoms with E-state index in [2.05, 4.69) is 0 Å². The molecule has 2 heterocycles. The first kappa shape index (κ1) is 19.3. The molecule has 1 saturated heterocycles. The molecule has 3 unspecified atom stereocenters. The first-order chi connectivity index (χ1) is 14.0. The first-order valence-corrected chi connectivity index (χ1v) is 9.59. The van der Waals surface area contributed by atoms with E-state index in [4.69, 9.17) is 16.3 Å². The molecule has 0 radical (unpaired) electrons. The van der Waals surface area contributed by atoms with Gasteiger partial charge in [0, 0.05) is 10.7 Å². The maximum absolute atomic E-state index is 13.1. The average molecular weight is 414 g/mol. The fraction of sp³-hybridized carbons (Fsp3) is 0.238. The van der Waals surface area contributed by atoms with Crippen LogP contribution >= 0.6 is 11.6 Å². The average Bonchev–Trinajstić information content (AvgIpc) is 2.98. The zero-order valence-electron chi connectivity index (χ0n) is 15.7. The Kier molecular flexibility index (Phi) is 5.17. The number of hydrazine groups is 1. The molecule has 2 aromatic carbocycles. The summed E-state index contributed by atoms with van der Waals surface area (Å²) in [6, 6.07) is 14.2. The summed E-state index contributed by atoms with van der Waals surface area (Å²) in [6.45, 7) is 1.86. The minimum atomic E-state index is -1.16. The van der Waals surface area contributed by atoms with Crippen molar-refractivity contribution in [3.8, 4) is 0 Å². The first-order valence-electron chi connectivity index (χ1n) is 9.21. The Balaban J connectivity index is 1.57. The third-order valence-corrected chi connectivity index (χ3v) is 5.21. The second-order valence-electron chi connectivity index (χ2n) is 6.89. The van der Waals surface area contributed by atoms with Crippen molar-refractivity contribution in [3.63, 3.8) is 0 Å². The second-order valence-corrected chi connectivity index (χ2v) is 7.32. The van der Waals surface area contributed by atoms with Gasteiger partial charge in [0.2, 0.25) is 0 Å². The molecule has 0 aromatic heterocycles. The Morgan fingerprint density at radius 3 is 2.48 bits per heavy atom. The number of hydrogen-bond acceptors (Lipinski definition) is 4. The van der Waals surface area contributed by atoms with Crippen LogP contribution in [0.5, 0.6) is 0 Å². The number of fused-ring (bicyclic) bond motifs is 1. The summed E-state index contributed by atoms with van der Waals surface area (Å²) in [5.41, 5.74) is 1.33. The lowest BCUT2D eigenvalue weighted by Gasteiger charge is -2.39. The van der Waals surface area contributed by atoms with Gasteiger partial charge >= 0.3 is 12.1 Å². The highest BCUT2D eigenvalue weighted by atomic mass is 35.5. The smallest absolute Gasteiger partial charge is 0.429 e. The van der Waals surface area contributed by atoms with Gasteiger partial charge in [0.1, 0.15) is 12.6 Å². The molecule has 29 heavy (non-hydrogen) atoms. The fourth-order valence-corrected chi connectivity index (χ4v) is 3.63. The van der Waals surface area contributed by atoms with Crippen LogP contribution in [0.3, 0.4) is 0 Å². The Hall–Kier alpha value is -3.03. The van der Waals surface area contributed by atoms with Gasteiger partial charge in [0.25, 0.3) is 0 Å². The highest BCUT2D eigenvalue weighted by Crippen LogP contribution is 2.34. The van der Waals surface area contributed by atoms with E-state index in [0.29, 0.717) is 10.7 Å². The van der Waals surface area contributed by atoms with E-state index in [9.17, 15) is 14.7 Å². The van der Waals surface area contributed by atoms with E-state index >= 15 is 0 Å². The van der Waals surface area contributed by atoms with Crippen molar-refractivity contribution in [3.05, 3.63) is 77.3 Å². The van der Waals surface area contributed by atoms with Crippen molar-refractivity contribution < 1.29 is 19.4 Å². The molecule has 3 amide bonds. The molecular formula is C21H20ClN3O4. The number of halogens is 1. The van der Waals surface area contributed by atoms with Crippen molar-refractivity contribution in [2.45, 2.75) is 31.8 Å². The molecule has 1 N–H and O–H groups in total. The number of amides is 3. The minimum absolute atomic E-state index is 0.0861. The van der Waals surface area contributed by atoms with Crippen LogP contribution in [0.25, 0.3) is 0 Å². The van der Waals surface area contributed by atoms with Crippen LogP contribution in [-0.2, 0) is 11.3 Å². The van der Waals surface area contributed by atoms with E-state index < -0.39 is 30.4 Å². The van der Waals surface area contributed by atoms with E-state index in [1.165, 1.54) is 14.9 Å². The van der Waals surface area contributed by atoms with Crippen molar-refractivity contribution >= 4 is 29.4 Å². The quantitative estimate of drug-likeness (QED) is 0.777. The highest BCUT2D eigenvalue weighted by Gasteiger charge is 2.51. The molecule has 2 aliphatic heterocycles. The van der Waals surface area contributed by atoms with Crippen molar-refractivity contribution in [1.29, 1.82) is 0 Å². The molecule has 7 nitrogen and oxygen atoms in total. The summed E-state index contributed by atoms with van der Waals surface area (Å²) in [7, 11) is 0. The van der Waals surface area contributed by atoms with Crippen molar-refractivity contribution in [1.82, 2.24) is 10.0 Å². The van der Waals surface area contributed by atoms with Gasteiger partial charge in [0.15, 0.2) is 6.23 Å². The van der Waals surface area contributed by atoms with Gasteiger partial charge in [-0.3, -0.25) is 4.90 Å². The molecular weight excluding hydrogens is 394 g/mol. The second kappa shape index (κ2) is 7.77. The number of anilines is 1. The Labute approximate surface area is 173 Å². The lowest BCUT2D eigenvalue weighted by atomic mass is 10.1. The number of ether oxygens (including phenoxy) is 1. The number of urea groups is 1. The third-order valence-electron chi connectivity index (χ3n) is 4.96. The molecule has 0 bridgehead atoms. The van der Waals surface area contributed by atoms with Gasteiger partial charge in [-0.25, -0.2) is 19.6 Å². The van der Waals surface area contributed by atoms with E-state index in [1.54, 1.807) is 43.3 Å². The van der Waals surface area contributed by atoms with Crippen LogP contribution in [-0.4, -0.2) is 45.6 Å². The maximum Gasteiger partial charge on any atom is 0.429 e. The summed E-state index contributed by atoms with van der Waals surface area (Å²) < 4.78 is 5.43. The third kappa shape index (κ3) is 3.54. The van der Waals surface area contributed by atoms with Crippen molar-refractivity contribution in [2.24, 2.45) is 0 Å². The summed E-state index contributed by atoms with van der Waals surface area (Å²) in [5.74, 6) is 0. The van der Waals surface area contributed by atoms with Crippen LogP contribution in [0.2, 0.25) is 5.02 Å². The van der Waals surface area contributed by atoms with Gasteiger partial charge in [-0.15, -0.1) is 0 Å². The van der Waals surface area contributed by atoms with E-state index in [0.717, 1.165) is 5.56 Å². The number of aliphatic hydroxyl groups excluding tert-OH is 1. The fourth-order valence-electron chi connectivity index (χ4n) is 3.50. The largest absolute Gasteiger partial charge is 0.443 e. The highest BCUT2D eigenvalue weighted by molar-refractivity contribution is 6.30. The Bertz CT molecular complexity index is 935. The Morgan fingerprint density at radius 1 is 1.10 bits per heavy atom. The summed E-state index contributed by atoms with van der Waals surface area (Å²) in [4.78, 5) is 27.2. The van der Waals surface area contributed by atoms with E-state index in [-0.39, 0.29) is 6.61 Å². The molecule has 150 valence electrons. The molecule has 3 atom stereocenters. The van der Waals surface area contributed by atoms with Crippen LogP contribution in [0, 0.1) is 0 Å². The normalized spacial score (nSPS) is 23.3. The number of aliphatic hydroxyl groups is 1. The summed E-state index contributed by atoms with van der Waals surface area (Å²) >= 11 is 5.93. The van der Waals surface area contributed by atoms with Gasteiger partial charge in [-0.2, -0.15) is 0 Å². The number of carbonyl (C=O) groups is 2. The molecule has 2 aromatic rings. The molecule has 0 aliphatic carbocycles.